The number of para-hydroxylation sites is 2. The molecule has 0 aliphatic heterocycles. The molecule has 0 radical (unpaired) electrons. The predicted octanol–water partition coefficient (Wildman–Crippen LogP) is 2.52. The Bertz CT molecular complexity index is 636. The van der Waals surface area contributed by atoms with Crippen LogP contribution < -0.4 is 10.4 Å². The maximum absolute atomic E-state index is 12.2. The van der Waals surface area contributed by atoms with Crippen LogP contribution in [0.1, 0.15) is 6.42 Å². The smallest absolute Gasteiger partial charge is 0.249 e. The first-order valence-electron chi connectivity index (χ1n) is 7.01. The lowest BCUT2D eigenvalue weighted by atomic mass is 10.2. The fraction of sp³-hybridized carbons (Fsp3) is 0.188. The molecule has 1 fully saturated rings. The van der Waals surface area contributed by atoms with E-state index in [0.717, 1.165) is 11.4 Å². The normalized spacial score (nSPS) is 19.3. The topological polar surface area (TPSA) is 75.5 Å². The molecule has 6 nitrogen and oxygen atoms in total. The van der Waals surface area contributed by atoms with Gasteiger partial charge in [-0.2, -0.15) is 0 Å². The molecule has 112 valence electrons. The summed E-state index contributed by atoms with van der Waals surface area (Å²) < 4.78 is 0. The van der Waals surface area contributed by atoms with E-state index in [9.17, 15) is 14.9 Å². The fourth-order valence-electron chi connectivity index (χ4n) is 2.32. The highest BCUT2D eigenvalue weighted by atomic mass is 16.6. The number of amides is 1. The van der Waals surface area contributed by atoms with Crippen molar-refractivity contribution in [1.29, 1.82) is 0 Å². The maximum Gasteiger partial charge on any atom is 0.249 e. The second-order valence-electron chi connectivity index (χ2n) is 5.18. The van der Waals surface area contributed by atoms with Crippen LogP contribution in [0.25, 0.3) is 0 Å². The van der Waals surface area contributed by atoms with Gasteiger partial charge in [0.1, 0.15) is 5.92 Å². The average molecular weight is 297 g/mol. The van der Waals surface area contributed by atoms with Gasteiger partial charge in [-0.05, 0) is 24.3 Å². The van der Waals surface area contributed by atoms with Crippen molar-refractivity contribution in [1.82, 2.24) is 5.43 Å². The number of benzene rings is 2. The summed E-state index contributed by atoms with van der Waals surface area (Å²) >= 11 is 0. The summed E-state index contributed by atoms with van der Waals surface area (Å²) in [4.78, 5) is 22.5. The molecule has 2 aromatic carbocycles. The third kappa shape index (κ3) is 2.90. The van der Waals surface area contributed by atoms with E-state index < -0.39 is 12.0 Å². The monoisotopic (exact) mass is 297 g/mol. The number of carbonyl (C=O) groups is 1. The fourth-order valence-corrected chi connectivity index (χ4v) is 2.32. The lowest BCUT2D eigenvalue weighted by Crippen LogP contribution is -2.40. The van der Waals surface area contributed by atoms with Gasteiger partial charge in [0.25, 0.3) is 0 Å². The summed E-state index contributed by atoms with van der Waals surface area (Å²) in [6, 6.07) is 18.0. The quantitative estimate of drug-likeness (QED) is 0.679. The molecule has 6 heteroatoms. The van der Waals surface area contributed by atoms with Crippen LogP contribution in [0, 0.1) is 16.0 Å². The first kappa shape index (κ1) is 14.1. The molecular weight excluding hydrogens is 282 g/mol. The molecule has 2 atom stereocenters. The molecule has 1 saturated carbocycles. The molecule has 2 unspecified atom stereocenters. The summed E-state index contributed by atoms with van der Waals surface area (Å²) in [5.41, 5.74) is 4.37. The van der Waals surface area contributed by atoms with Crippen molar-refractivity contribution in [2.75, 3.05) is 5.01 Å². The van der Waals surface area contributed by atoms with Crippen molar-refractivity contribution in [3.63, 3.8) is 0 Å². The minimum absolute atomic E-state index is 0.302. The number of carbonyl (C=O) groups excluding carboxylic acids is 1. The van der Waals surface area contributed by atoms with Gasteiger partial charge in [0.05, 0.1) is 11.4 Å². The van der Waals surface area contributed by atoms with Crippen molar-refractivity contribution < 1.29 is 9.72 Å². The van der Waals surface area contributed by atoms with Crippen LogP contribution in [-0.4, -0.2) is 16.9 Å². The molecule has 0 spiro atoms. The molecule has 0 heterocycles. The second-order valence-corrected chi connectivity index (χ2v) is 5.18. The van der Waals surface area contributed by atoms with Crippen LogP contribution in [0.4, 0.5) is 11.4 Å². The van der Waals surface area contributed by atoms with E-state index in [0.29, 0.717) is 6.42 Å². The Morgan fingerprint density at radius 1 is 1.05 bits per heavy atom. The summed E-state index contributed by atoms with van der Waals surface area (Å²) in [5.74, 6) is -0.876. The first-order chi connectivity index (χ1) is 10.7. The van der Waals surface area contributed by atoms with Crippen LogP contribution in [0.5, 0.6) is 0 Å². The molecule has 2 aromatic rings. The Balaban J connectivity index is 1.81. The number of anilines is 2. The van der Waals surface area contributed by atoms with Crippen molar-refractivity contribution in [2.45, 2.75) is 12.5 Å². The lowest BCUT2D eigenvalue weighted by molar-refractivity contribution is -0.497. The van der Waals surface area contributed by atoms with E-state index >= 15 is 0 Å². The standard InChI is InChI=1S/C16H15N3O3/c20-16(14-11-15(14)19(21)22)17-18(12-7-3-1-4-8-12)13-9-5-2-6-10-13/h1-10,14-15H,11H2,(H,17,20). The summed E-state index contributed by atoms with van der Waals surface area (Å²) in [6.45, 7) is 0. The van der Waals surface area contributed by atoms with Crippen LogP contribution in [-0.2, 0) is 4.79 Å². The summed E-state index contributed by atoms with van der Waals surface area (Å²) in [6.07, 6.45) is 0.302. The Hall–Kier alpha value is -2.89. The molecule has 1 aliphatic carbocycles. The second kappa shape index (κ2) is 5.85. The van der Waals surface area contributed by atoms with Crippen LogP contribution in [0.15, 0.2) is 60.7 Å². The van der Waals surface area contributed by atoms with Crippen molar-refractivity contribution in [3.05, 3.63) is 70.8 Å². The van der Waals surface area contributed by atoms with Gasteiger partial charge in [-0.1, -0.05) is 36.4 Å². The van der Waals surface area contributed by atoms with Gasteiger partial charge >= 0.3 is 0 Å². The first-order valence-corrected chi connectivity index (χ1v) is 7.01. The number of hydrogen-bond donors (Lipinski definition) is 1. The Kier molecular flexibility index (Phi) is 3.74. The highest BCUT2D eigenvalue weighted by molar-refractivity contribution is 5.85. The van der Waals surface area contributed by atoms with E-state index in [2.05, 4.69) is 5.43 Å². The SMILES string of the molecule is O=C(NN(c1ccccc1)c1ccccc1)C1CC1[N+](=O)[O-]. The van der Waals surface area contributed by atoms with E-state index in [1.54, 1.807) is 5.01 Å². The molecule has 1 aliphatic rings. The van der Waals surface area contributed by atoms with Gasteiger partial charge in [0, 0.05) is 11.3 Å². The Labute approximate surface area is 127 Å². The molecule has 0 saturated heterocycles. The number of nitrogens with zero attached hydrogens (tertiary/aromatic N) is 2. The minimum atomic E-state index is -0.756. The highest BCUT2D eigenvalue weighted by Crippen LogP contribution is 2.34. The van der Waals surface area contributed by atoms with Gasteiger partial charge < -0.3 is 0 Å². The van der Waals surface area contributed by atoms with Gasteiger partial charge in [-0.15, -0.1) is 0 Å². The van der Waals surface area contributed by atoms with E-state index in [4.69, 9.17) is 0 Å². The lowest BCUT2D eigenvalue weighted by Gasteiger charge is -2.25. The van der Waals surface area contributed by atoms with Gasteiger partial charge in [-0.3, -0.25) is 25.3 Å². The van der Waals surface area contributed by atoms with Crippen LogP contribution in [0.2, 0.25) is 0 Å². The molecule has 1 N–H and O–H groups in total. The van der Waals surface area contributed by atoms with E-state index in [1.165, 1.54) is 0 Å². The number of nitro groups is 1. The van der Waals surface area contributed by atoms with Crippen molar-refractivity contribution in [2.24, 2.45) is 5.92 Å². The van der Waals surface area contributed by atoms with Gasteiger partial charge in [0.15, 0.2) is 0 Å². The number of nitrogens with one attached hydrogen (secondary N) is 1. The summed E-state index contributed by atoms with van der Waals surface area (Å²) in [5, 5.41) is 12.4. The molecule has 22 heavy (non-hydrogen) atoms. The number of rotatable bonds is 5. The minimum Gasteiger partial charge on any atom is -0.273 e. The van der Waals surface area contributed by atoms with Gasteiger partial charge in [0.2, 0.25) is 11.9 Å². The zero-order valence-corrected chi connectivity index (χ0v) is 11.8. The number of hydrogen-bond acceptors (Lipinski definition) is 4. The maximum atomic E-state index is 12.2. The van der Waals surface area contributed by atoms with E-state index in [1.807, 2.05) is 60.7 Å². The van der Waals surface area contributed by atoms with Gasteiger partial charge in [-0.25, -0.2) is 0 Å². The highest BCUT2D eigenvalue weighted by Gasteiger charge is 2.53. The molecular formula is C16H15N3O3. The third-order valence-electron chi connectivity index (χ3n) is 3.62. The predicted molar refractivity (Wildman–Crippen MR) is 82.1 cm³/mol. The third-order valence-corrected chi connectivity index (χ3v) is 3.62. The summed E-state index contributed by atoms with van der Waals surface area (Å²) in [7, 11) is 0. The average Bonchev–Trinajstić information content (AvgIpc) is 3.35. The van der Waals surface area contributed by atoms with Crippen molar-refractivity contribution in [3.8, 4) is 0 Å². The molecule has 1 amide bonds. The zero-order chi connectivity index (χ0) is 15.5. The molecule has 0 bridgehead atoms. The van der Waals surface area contributed by atoms with Crippen molar-refractivity contribution >= 4 is 17.3 Å². The zero-order valence-electron chi connectivity index (χ0n) is 11.8. The largest absolute Gasteiger partial charge is 0.273 e. The van der Waals surface area contributed by atoms with Crippen LogP contribution in [0.3, 0.4) is 0 Å². The van der Waals surface area contributed by atoms with Crippen LogP contribution >= 0.6 is 0 Å². The van der Waals surface area contributed by atoms with E-state index in [-0.39, 0.29) is 10.8 Å². The molecule has 3 rings (SSSR count). The Morgan fingerprint density at radius 3 is 1.95 bits per heavy atom. The number of hydrazine groups is 1. The Morgan fingerprint density at radius 2 is 1.55 bits per heavy atom. The molecule has 0 aromatic heterocycles.